The van der Waals surface area contributed by atoms with Gasteiger partial charge in [-0.15, -0.1) is 11.3 Å². The molecule has 0 unspecified atom stereocenters. The third-order valence-electron chi connectivity index (χ3n) is 5.01. The Bertz CT molecular complexity index is 683. The predicted octanol–water partition coefficient (Wildman–Crippen LogP) is 2.61. The highest BCUT2D eigenvalue weighted by Gasteiger charge is 2.36. The Kier molecular flexibility index (Phi) is 3.19. The molecule has 2 bridgehead atoms. The van der Waals surface area contributed by atoms with Crippen LogP contribution in [0.1, 0.15) is 29.6 Å². The minimum atomic E-state index is 0.158. The molecular weight excluding hydrogens is 282 g/mol. The Morgan fingerprint density at radius 3 is 3.05 bits per heavy atom. The van der Waals surface area contributed by atoms with Crippen molar-refractivity contribution in [3.8, 4) is 0 Å². The zero-order chi connectivity index (χ0) is 14.4. The first-order chi connectivity index (χ1) is 10.2. The van der Waals surface area contributed by atoms with E-state index in [4.69, 9.17) is 0 Å². The van der Waals surface area contributed by atoms with Gasteiger partial charge >= 0.3 is 0 Å². The molecule has 4 nitrogen and oxygen atoms in total. The lowest BCUT2D eigenvalue weighted by Gasteiger charge is -2.25. The summed E-state index contributed by atoms with van der Waals surface area (Å²) in [6.45, 7) is 1.74. The van der Waals surface area contributed by atoms with E-state index < -0.39 is 0 Å². The van der Waals surface area contributed by atoms with Crippen molar-refractivity contribution < 1.29 is 4.79 Å². The molecule has 0 radical (unpaired) electrons. The van der Waals surface area contributed by atoms with E-state index in [0.717, 1.165) is 35.3 Å². The first-order valence-electron chi connectivity index (χ1n) is 7.57. The van der Waals surface area contributed by atoms with Gasteiger partial charge in [-0.25, -0.2) is 4.98 Å². The lowest BCUT2D eigenvalue weighted by Crippen LogP contribution is -2.39. The van der Waals surface area contributed by atoms with E-state index in [-0.39, 0.29) is 5.91 Å². The number of likely N-dealkylation sites (tertiary alicyclic amines) is 1. The maximum absolute atomic E-state index is 12.8. The van der Waals surface area contributed by atoms with E-state index in [1.165, 1.54) is 12.8 Å². The Morgan fingerprint density at radius 1 is 1.29 bits per heavy atom. The third-order valence-corrected chi connectivity index (χ3v) is 5.82. The summed E-state index contributed by atoms with van der Waals surface area (Å²) in [4.78, 5) is 21.6. The first kappa shape index (κ1) is 13.2. The van der Waals surface area contributed by atoms with Crippen LogP contribution in [0.4, 0.5) is 0 Å². The van der Waals surface area contributed by atoms with Crippen LogP contribution in [0.3, 0.4) is 0 Å². The van der Waals surface area contributed by atoms with Crippen molar-refractivity contribution in [2.24, 2.45) is 0 Å². The quantitative estimate of drug-likeness (QED) is 0.812. The number of aromatic nitrogens is 1. The molecule has 2 aromatic rings. The molecule has 21 heavy (non-hydrogen) atoms. The van der Waals surface area contributed by atoms with E-state index in [1.54, 1.807) is 11.3 Å². The number of hydrogen-bond acceptors (Lipinski definition) is 4. The summed E-state index contributed by atoms with van der Waals surface area (Å²) < 4.78 is 1.14. The van der Waals surface area contributed by atoms with Gasteiger partial charge in [0, 0.05) is 30.7 Å². The maximum Gasteiger partial charge on any atom is 0.253 e. The van der Waals surface area contributed by atoms with E-state index in [0.29, 0.717) is 12.1 Å². The van der Waals surface area contributed by atoms with Crippen LogP contribution < -0.4 is 0 Å². The van der Waals surface area contributed by atoms with Gasteiger partial charge in [-0.05, 0) is 44.5 Å². The monoisotopic (exact) mass is 301 g/mol. The topological polar surface area (TPSA) is 36.4 Å². The molecule has 1 aromatic carbocycles. The SMILES string of the molecule is CN1[C@@H]2CC[C@H]1CN(C(=O)c1ccc3scnc3c1)CC2. The number of carbonyl (C=O) groups is 1. The fourth-order valence-electron chi connectivity index (χ4n) is 3.67. The molecule has 2 fully saturated rings. The minimum absolute atomic E-state index is 0.158. The highest BCUT2D eigenvalue weighted by molar-refractivity contribution is 7.16. The molecule has 110 valence electrons. The molecule has 0 N–H and O–H groups in total. The van der Waals surface area contributed by atoms with Crippen LogP contribution in [0.2, 0.25) is 0 Å². The second-order valence-electron chi connectivity index (χ2n) is 6.13. The van der Waals surface area contributed by atoms with Crippen LogP contribution in [0, 0.1) is 0 Å². The number of thiazole rings is 1. The fraction of sp³-hybridized carbons (Fsp3) is 0.500. The molecular formula is C16H19N3OS. The van der Waals surface area contributed by atoms with Gasteiger partial charge in [0.2, 0.25) is 0 Å². The van der Waals surface area contributed by atoms with Crippen molar-refractivity contribution in [1.82, 2.24) is 14.8 Å². The second-order valence-corrected chi connectivity index (χ2v) is 7.01. The number of rotatable bonds is 1. The van der Waals surface area contributed by atoms with Crippen LogP contribution >= 0.6 is 11.3 Å². The summed E-state index contributed by atoms with van der Waals surface area (Å²) in [7, 11) is 2.21. The Morgan fingerprint density at radius 2 is 2.14 bits per heavy atom. The fourth-order valence-corrected chi connectivity index (χ4v) is 4.33. The van der Waals surface area contributed by atoms with Crippen molar-refractivity contribution in [1.29, 1.82) is 0 Å². The highest BCUT2D eigenvalue weighted by atomic mass is 32.1. The zero-order valence-electron chi connectivity index (χ0n) is 12.2. The van der Waals surface area contributed by atoms with Gasteiger partial charge in [0.05, 0.1) is 15.7 Å². The largest absolute Gasteiger partial charge is 0.337 e. The van der Waals surface area contributed by atoms with Crippen LogP contribution in [0.15, 0.2) is 23.7 Å². The second kappa shape index (κ2) is 5.07. The van der Waals surface area contributed by atoms with Crippen LogP contribution in [0.5, 0.6) is 0 Å². The van der Waals surface area contributed by atoms with Crippen LogP contribution in [-0.4, -0.2) is 52.9 Å². The molecule has 0 aliphatic carbocycles. The Hall–Kier alpha value is -1.46. The summed E-state index contributed by atoms with van der Waals surface area (Å²) in [5, 5.41) is 0. The highest BCUT2D eigenvalue weighted by Crippen LogP contribution is 2.29. The van der Waals surface area contributed by atoms with Crippen LogP contribution in [-0.2, 0) is 0 Å². The molecule has 3 heterocycles. The number of benzene rings is 1. The van der Waals surface area contributed by atoms with Gasteiger partial charge in [0.1, 0.15) is 0 Å². The number of hydrogen-bond donors (Lipinski definition) is 0. The number of nitrogens with zero attached hydrogens (tertiary/aromatic N) is 3. The Balaban J connectivity index is 1.59. The smallest absolute Gasteiger partial charge is 0.253 e. The van der Waals surface area contributed by atoms with Gasteiger partial charge in [-0.2, -0.15) is 0 Å². The number of likely N-dealkylation sites (N-methyl/N-ethyl adjacent to an activating group) is 1. The summed E-state index contributed by atoms with van der Waals surface area (Å²) in [5.74, 6) is 0.158. The molecule has 2 aliphatic heterocycles. The molecule has 5 heteroatoms. The number of amides is 1. The third kappa shape index (κ3) is 2.24. The van der Waals surface area contributed by atoms with E-state index in [9.17, 15) is 4.79 Å². The molecule has 0 saturated carbocycles. The molecule has 0 spiro atoms. The summed E-state index contributed by atoms with van der Waals surface area (Å²) in [6.07, 6.45) is 3.60. The van der Waals surface area contributed by atoms with E-state index in [2.05, 4.69) is 16.9 Å². The first-order valence-corrected chi connectivity index (χ1v) is 8.45. The number of carbonyl (C=O) groups excluding carboxylic acids is 1. The van der Waals surface area contributed by atoms with Gasteiger partial charge < -0.3 is 4.90 Å². The van der Waals surface area contributed by atoms with Crippen molar-refractivity contribution >= 4 is 27.5 Å². The van der Waals surface area contributed by atoms with Gasteiger partial charge in [-0.1, -0.05) is 0 Å². The molecule has 2 atom stereocenters. The molecule has 2 saturated heterocycles. The zero-order valence-corrected chi connectivity index (χ0v) is 13.0. The van der Waals surface area contributed by atoms with Gasteiger partial charge in [0.15, 0.2) is 0 Å². The maximum atomic E-state index is 12.8. The molecule has 2 aliphatic rings. The normalized spacial score (nSPS) is 26.2. The van der Waals surface area contributed by atoms with E-state index in [1.807, 2.05) is 28.6 Å². The minimum Gasteiger partial charge on any atom is -0.337 e. The molecule has 4 rings (SSSR count). The van der Waals surface area contributed by atoms with Crippen molar-refractivity contribution in [2.75, 3.05) is 20.1 Å². The number of fused-ring (bicyclic) bond motifs is 3. The van der Waals surface area contributed by atoms with Crippen molar-refractivity contribution in [3.63, 3.8) is 0 Å². The van der Waals surface area contributed by atoms with Gasteiger partial charge in [-0.3, -0.25) is 9.69 Å². The molecule has 1 amide bonds. The Labute approximate surface area is 128 Å². The van der Waals surface area contributed by atoms with Crippen molar-refractivity contribution in [3.05, 3.63) is 29.3 Å². The van der Waals surface area contributed by atoms with Crippen LogP contribution in [0.25, 0.3) is 10.2 Å². The van der Waals surface area contributed by atoms with E-state index >= 15 is 0 Å². The average Bonchev–Trinajstić information content (AvgIpc) is 3.02. The van der Waals surface area contributed by atoms with Gasteiger partial charge in [0.25, 0.3) is 5.91 Å². The predicted molar refractivity (Wildman–Crippen MR) is 84.7 cm³/mol. The summed E-state index contributed by atoms with van der Waals surface area (Å²) >= 11 is 1.61. The molecule has 1 aromatic heterocycles. The summed E-state index contributed by atoms with van der Waals surface area (Å²) in [5.41, 5.74) is 3.53. The lowest BCUT2D eigenvalue weighted by molar-refractivity contribution is 0.0740. The summed E-state index contributed by atoms with van der Waals surface area (Å²) in [6, 6.07) is 7.07. The standard InChI is InChI=1S/C16H19N3OS/c1-18-12-3-4-13(18)9-19(7-6-12)16(20)11-2-5-15-14(8-11)17-10-21-15/h2,5,8,10,12-13H,3-4,6-7,9H2,1H3/t12-,13+/m1/s1. The lowest BCUT2D eigenvalue weighted by atomic mass is 10.1. The average molecular weight is 301 g/mol. The van der Waals surface area contributed by atoms with Crippen molar-refractivity contribution in [2.45, 2.75) is 31.3 Å².